The predicted molar refractivity (Wildman–Crippen MR) is 128 cm³/mol. The van der Waals surface area contributed by atoms with Crippen LogP contribution in [-0.2, 0) is 18.0 Å². The van der Waals surface area contributed by atoms with E-state index in [-0.39, 0.29) is 17.1 Å². The van der Waals surface area contributed by atoms with Gasteiger partial charge in [0.2, 0.25) is 0 Å². The number of hydrogen-bond acceptors (Lipinski definition) is 7. The predicted octanol–water partition coefficient (Wildman–Crippen LogP) is 4.02. The van der Waals surface area contributed by atoms with E-state index >= 15 is 4.39 Å². The van der Waals surface area contributed by atoms with Crippen molar-refractivity contribution in [2.75, 3.05) is 45.2 Å². The maximum Gasteiger partial charge on any atom is 0.319 e. The van der Waals surface area contributed by atoms with Gasteiger partial charge in [-0.1, -0.05) is 0 Å². The smallest absolute Gasteiger partial charge is 0.319 e. The summed E-state index contributed by atoms with van der Waals surface area (Å²) in [5.74, 6) is 0.141. The van der Waals surface area contributed by atoms with E-state index in [0.29, 0.717) is 61.0 Å². The number of nitrogens with one attached hydrogen (secondary N) is 1. The number of benzene rings is 1. The number of anilines is 1. The van der Waals surface area contributed by atoms with Gasteiger partial charge in [-0.25, -0.2) is 8.78 Å². The van der Waals surface area contributed by atoms with Gasteiger partial charge in [0.1, 0.15) is 24.1 Å². The Labute approximate surface area is 206 Å². The topological polar surface area (TPSA) is 62.8 Å². The highest BCUT2D eigenvalue weighted by molar-refractivity contribution is 9.10. The number of likely N-dealkylation sites (N-methyl/N-ethyl adjacent to an activating group) is 1. The Morgan fingerprint density at radius 1 is 1.24 bits per heavy atom. The third kappa shape index (κ3) is 3.77. The lowest BCUT2D eigenvalue weighted by molar-refractivity contribution is 0.107. The summed E-state index contributed by atoms with van der Waals surface area (Å²) in [6, 6.07) is 0.521. The molecule has 0 radical (unpaired) electrons. The molecule has 2 aromatic rings. The molecule has 0 aliphatic carbocycles. The number of rotatable bonds is 6. The van der Waals surface area contributed by atoms with Crippen LogP contribution in [0.3, 0.4) is 0 Å². The molecule has 7 nitrogen and oxygen atoms in total. The first-order valence-corrected chi connectivity index (χ1v) is 13.0. The number of ether oxygens (including phenoxy) is 2. The van der Waals surface area contributed by atoms with Crippen LogP contribution >= 0.6 is 15.9 Å². The summed E-state index contributed by atoms with van der Waals surface area (Å²) in [5, 5.41) is 4.13. The standard InChI is InChI=1S/C24H30BrF2N5O2/c1-31-6-2-4-15(31)9-28-22-18-16-11-33-12-17(16)19(25)20(27)21(18)29-23(30-22)34-13-24-5-3-7-32(24)10-14(26)8-24/h14-15H,2-13H2,1H3,(H,28,29,30)/t14-,15+,24+/m1/s1. The van der Waals surface area contributed by atoms with Crippen LogP contribution in [0.5, 0.6) is 6.01 Å². The van der Waals surface area contributed by atoms with Crippen molar-refractivity contribution in [2.24, 2.45) is 0 Å². The van der Waals surface area contributed by atoms with Crippen molar-refractivity contribution in [1.29, 1.82) is 0 Å². The van der Waals surface area contributed by atoms with Crippen molar-refractivity contribution in [3.8, 4) is 6.01 Å². The summed E-state index contributed by atoms with van der Waals surface area (Å²) in [6.45, 7) is 4.17. The number of alkyl halides is 1. The summed E-state index contributed by atoms with van der Waals surface area (Å²) in [5.41, 5.74) is 1.62. The van der Waals surface area contributed by atoms with E-state index in [1.165, 1.54) is 6.42 Å². The summed E-state index contributed by atoms with van der Waals surface area (Å²) in [4.78, 5) is 13.7. The molecule has 0 saturated carbocycles. The van der Waals surface area contributed by atoms with Crippen LogP contribution in [-0.4, -0.2) is 77.4 Å². The van der Waals surface area contributed by atoms with Crippen LogP contribution in [0.1, 0.15) is 43.2 Å². The molecule has 0 amide bonds. The zero-order valence-electron chi connectivity index (χ0n) is 19.4. The molecule has 0 bridgehead atoms. The van der Waals surface area contributed by atoms with E-state index in [0.717, 1.165) is 43.5 Å². The van der Waals surface area contributed by atoms with Gasteiger partial charge in [0.15, 0.2) is 5.82 Å². The second kappa shape index (κ2) is 8.80. The van der Waals surface area contributed by atoms with Gasteiger partial charge in [0.05, 0.1) is 28.6 Å². The van der Waals surface area contributed by atoms with E-state index in [1.807, 2.05) is 0 Å². The number of nitrogens with zero attached hydrogens (tertiary/aromatic N) is 4. The largest absolute Gasteiger partial charge is 0.461 e. The molecule has 6 rings (SSSR count). The second-order valence-corrected chi connectivity index (χ2v) is 11.0. The molecule has 1 aromatic heterocycles. The lowest BCUT2D eigenvalue weighted by atomic mass is 9.95. The number of hydrogen-bond donors (Lipinski definition) is 1. The van der Waals surface area contributed by atoms with Crippen molar-refractivity contribution < 1.29 is 18.3 Å². The lowest BCUT2D eigenvalue weighted by Crippen LogP contribution is -2.43. The van der Waals surface area contributed by atoms with E-state index in [9.17, 15) is 4.39 Å². The molecule has 34 heavy (non-hydrogen) atoms. The highest BCUT2D eigenvalue weighted by atomic mass is 79.9. The number of likely N-dealkylation sites (tertiary alicyclic amines) is 1. The third-order valence-corrected chi connectivity index (χ3v) is 8.95. The number of halogens is 3. The minimum Gasteiger partial charge on any atom is -0.461 e. The maximum absolute atomic E-state index is 15.5. The van der Waals surface area contributed by atoms with Crippen LogP contribution in [0, 0.1) is 5.82 Å². The average Bonchev–Trinajstić information content (AvgIpc) is 3.58. The Kier molecular flexibility index (Phi) is 5.90. The Hall–Kier alpha value is -1.62. The van der Waals surface area contributed by atoms with Crippen molar-refractivity contribution in [2.45, 2.75) is 63.1 Å². The molecule has 184 valence electrons. The molecule has 4 aliphatic rings. The molecule has 10 heteroatoms. The SMILES string of the molecule is CN1CCC[C@H]1CNc1nc(OC[C@@]23CCCN2C[C@H](F)C3)nc2c(F)c(Br)c3c(c12)COC3. The quantitative estimate of drug-likeness (QED) is 0.596. The summed E-state index contributed by atoms with van der Waals surface area (Å²) in [6.07, 6.45) is 3.83. The Morgan fingerprint density at radius 3 is 2.91 bits per heavy atom. The van der Waals surface area contributed by atoms with Gasteiger partial charge in [0, 0.05) is 31.1 Å². The number of fused-ring (bicyclic) bond motifs is 4. The van der Waals surface area contributed by atoms with Crippen molar-refractivity contribution in [3.63, 3.8) is 0 Å². The van der Waals surface area contributed by atoms with Gasteiger partial charge in [-0.15, -0.1) is 0 Å². The third-order valence-electron chi connectivity index (χ3n) is 8.12. The molecule has 0 unspecified atom stereocenters. The average molecular weight is 538 g/mol. The fourth-order valence-corrected chi connectivity index (χ4v) is 6.80. The molecule has 3 saturated heterocycles. The van der Waals surface area contributed by atoms with Crippen LogP contribution in [0.2, 0.25) is 0 Å². The van der Waals surface area contributed by atoms with Gasteiger partial charge < -0.3 is 19.7 Å². The molecular formula is C24H30BrF2N5O2. The Bertz CT molecular complexity index is 1120. The van der Waals surface area contributed by atoms with Crippen molar-refractivity contribution in [1.82, 2.24) is 19.8 Å². The van der Waals surface area contributed by atoms with Crippen LogP contribution in [0.15, 0.2) is 4.47 Å². The molecule has 5 heterocycles. The fraction of sp³-hybridized carbons (Fsp3) is 0.667. The summed E-state index contributed by atoms with van der Waals surface area (Å²) >= 11 is 3.41. The van der Waals surface area contributed by atoms with Crippen molar-refractivity contribution >= 4 is 32.7 Å². The van der Waals surface area contributed by atoms with Gasteiger partial charge >= 0.3 is 6.01 Å². The second-order valence-electron chi connectivity index (χ2n) is 10.2. The van der Waals surface area contributed by atoms with E-state index in [1.54, 1.807) is 0 Å². The van der Waals surface area contributed by atoms with Gasteiger partial charge in [-0.3, -0.25) is 4.90 Å². The minimum absolute atomic E-state index is 0.128. The normalized spacial score (nSPS) is 29.2. The highest BCUT2D eigenvalue weighted by Crippen LogP contribution is 2.42. The molecular weight excluding hydrogens is 508 g/mol. The lowest BCUT2D eigenvalue weighted by Gasteiger charge is -2.30. The number of aromatic nitrogens is 2. The molecule has 0 spiro atoms. The van der Waals surface area contributed by atoms with E-state index in [4.69, 9.17) is 14.5 Å². The van der Waals surface area contributed by atoms with Gasteiger partial charge in [0.25, 0.3) is 0 Å². The summed E-state index contributed by atoms with van der Waals surface area (Å²) < 4.78 is 41.8. The van der Waals surface area contributed by atoms with E-state index < -0.39 is 12.0 Å². The van der Waals surface area contributed by atoms with Crippen LogP contribution in [0.4, 0.5) is 14.6 Å². The van der Waals surface area contributed by atoms with Gasteiger partial charge in [-0.2, -0.15) is 9.97 Å². The van der Waals surface area contributed by atoms with Gasteiger partial charge in [-0.05, 0) is 67.3 Å². The maximum atomic E-state index is 15.5. The van der Waals surface area contributed by atoms with Crippen molar-refractivity contribution in [3.05, 3.63) is 21.4 Å². The molecule has 1 N–H and O–H groups in total. The first-order valence-electron chi connectivity index (χ1n) is 12.2. The highest BCUT2D eigenvalue weighted by Gasteiger charge is 2.49. The monoisotopic (exact) mass is 537 g/mol. The Balaban J connectivity index is 1.36. The Morgan fingerprint density at radius 2 is 2.09 bits per heavy atom. The zero-order valence-corrected chi connectivity index (χ0v) is 21.0. The minimum atomic E-state index is -0.835. The fourth-order valence-electron chi connectivity index (χ4n) is 6.26. The van der Waals surface area contributed by atoms with Crippen LogP contribution in [0.25, 0.3) is 10.9 Å². The first kappa shape index (κ1) is 22.8. The molecule has 3 atom stereocenters. The zero-order chi connectivity index (χ0) is 23.4. The molecule has 3 fully saturated rings. The molecule has 1 aromatic carbocycles. The first-order chi connectivity index (χ1) is 16.4. The van der Waals surface area contributed by atoms with Crippen LogP contribution < -0.4 is 10.1 Å². The van der Waals surface area contributed by atoms with E-state index in [2.05, 4.69) is 43.1 Å². The molecule has 4 aliphatic heterocycles. The summed E-state index contributed by atoms with van der Waals surface area (Å²) in [7, 11) is 2.13.